The van der Waals surface area contributed by atoms with Gasteiger partial charge in [0, 0.05) is 30.2 Å². The van der Waals surface area contributed by atoms with Gasteiger partial charge in [-0.3, -0.25) is 9.69 Å². The van der Waals surface area contributed by atoms with Crippen molar-refractivity contribution in [3.63, 3.8) is 0 Å². The van der Waals surface area contributed by atoms with Crippen LogP contribution < -0.4 is 5.32 Å². The number of amides is 1. The molecule has 0 aromatic heterocycles. The molecule has 8 heteroatoms. The Kier molecular flexibility index (Phi) is 6.48. The Labute approximate surface area is 155 Å². The van der Waals surface area contributed by atoms with Crippen LogP contribution in [0.1, 0.15) is 27.2 Å². The summed E-state index contributed by atoms with van der Waals surface area (Å²) in [5.74, 6) is -0.0429. The standard InChI is InChI=1S/C17H26ClN3O3S/c1-17(2,3)19-16(22)13-20-8-5-9-21(11-10-20)25(23,24)15-7-4-6-14(18)12-15/h4,6-7,12H,5,8-11,13H2,1-3H3,(H,19,22). The summed E-state index contributed by atoms with van der Waals surface area (Å²) < 4.78 is 27.0. The quantitative estimate of drug-likeness (QED) is 0.857. The predicted octanol–water partition coefficient (Wildman–Crippen LogP) is 1.95. The Morgan fingerprint density at radius 3 is 2.56 bits per heavy atom. The Balaban J connectivity index is 2.00. The normalized spacial score (nSPS) is 17.9. The molecule has 0 atom stereocenters. The molecule has 0 radical (unpaired) electrons. The summed E-state index contributed by atoms with van der Waals surface area (Å²) in [6.45, 7) is 8.11. The lowest BCUT2D eigenvalue weighted by molar-refractivity contribution is -0.123. The van der Waals surface area contributed by atoms with E-state index in [1.807, 2.05) is 25.7 Å². The molecule has 1 saturated heterocycles. The first-order valence-corrected chi connectivity index (χ1v) is 10.2. The van der Waals surface area contributed by atoms with Gasteiger partial charge in [0.1, 0.15) is 0 Å². The highest BCUT2D eigenvalue weighted by molar-refractivity contribution is 7.89. The van der Waals surface area contributed by atoms with E-state index in [1.165, 1.54) is 10.4 Å². The van der Waals surface area contributed by atoms with Crippen molar-refractivity contribution < 1.29 is 13.2 Å². The molecule has 1 aromatic rings. The topological polar surface area (TPSA) is 69.7 Å². The average Bonchev–Trinajstić information content (AvgIpc) is 2.71. The molecule has 25 heavy (non-hydrogen) atoms. The van der Waals surface area contributed by atoms with Crippen molar-refractivity contribution in [2.75, 3.05) is 32.7 Å². The minimum absolute atomic E-state index is 0.0429. The van der Waals surface area contributed by atoms with E-state index in [9.17, 15) is 13.2 Å². The Bertz CT molecular complexity index is 716. The van der Waals surface area contributed by atoms with Crippen LogP contribution in [0.25, 0.3) is 0 Å². The van der Waals surface area contributed by atoms with E-state index in [-0.39, 0.29) is 22.9 Å². The van der Waals surface area contributed by atoms with Gasteiger partial charge in [-0.25, -0.2) is 8.42 Å². The molecular weight excluding hydrogens is 362 g/mol. The fourth-order valence-electron chi connectivity index (χ4n) is 2.78. The van der Waals surface area contributed by atoms with Crippen LogP contribution in [-0.2, 0) is 14.8 Å². The largest absolute Gasteiger partial charge is 0.350 e. The maximum atomic E-state index is 12.8. The van der Waals surface area contributed by atoms with Crippen molar-refractivity contribution in [2.24, 2.45) is 0 Å². The number of rotatable bonds is 4. The molecule has 1 aromatic carbocycles. The van der Waals surface area contributed by atoms with Gasteiger partial charge in [-0.05, 0) is 51.9 Å². The zero-order valence-corrected chi connectivity index (χ0v) is 16.5. The highest BCUT2D eigenvalue weighted by atomic mass is 35.5. The fourth-order valence-corrected chi connectivity index (χ4v) is 4.55. The van der Waals surface area contributed by atoms with Crippen molar-refractivity contribution in [3.05, 3.63) is 29.3 Å². The van der Waals surface area contributed by atoms with E-state index in [4.69, 9.17) is 11.6 Å². The lowest BCUT2D eigenvalue weighted by Gasteiger charge is -2.25. The number of sulfonamides is 1. The van der Waals surface area contributed by atoms with Crippen molar-refractivity contribution in [1.29, 1.82) is 0 Å². The van der Waals surface area contributed by atoms with Crippen LogP contribution in [0.2, 0.25) is 5.02 Å². The smallest absolute Gasteiger partial charge is 0.243 e. The molecule has 0 saturated carbocycles. The monoisotopic (exact) mass is 387 g/mol. The van der Waals surface area contributed by atoms with Gasteiger partial charge in [0.15, 0.2) is 0 Å². The molecular formula is C17H26ClN3O3S. The fraction of sp³-hybridized carbons (Fsp3) is 0.588. The number of halogens is 1. The highest BCUT2D eigenvalue weighted by Gasteiger charge is 2.27. The molecule has 1 aliphatic heterocycles. The Morgan fingerprint density at radius 1 is 1.20 bits per heavy atom. The van der Waals surface area contributed by atoms with Crippen LogP contribution in [-0.4, -0.2) is 61.8 Å². The van der Waals surface area contributed by atoms with E-state index >= 15 is 0 Å². The highest BCUT2D eigenvalue weighted by Crippen LogP contribution is 2.20. The van der Waals surface area contributed by atoms with Crippen molar-refractivity contribution in [1.82, 2.24) is 14.5 Å². The summed E-state index contributed by atoms with van der Waals surface area (Å²) in [5.41, 5.74) is -0.273. The SMILES string of the molecule is CC(C)(C)NC(=O)CN1CCCN(S(=O)(=O)c2cccc(Cl)c2)CC1. The first kappa shape index (κ1) is 20.2. The van der Waals surface area contributed by atoms with Crippen LogP contribution in [0.3, 0.4) is 0 Å². The molecule has 6 nitrogen and oxygen atoms in total. The molecule has 2 rings (SSSR count). The third-order valence-electron chi connectivity index (χ3n) is 3.86. The van der Waals surface area contributed by atoms with Gasteiger partial charge in [0.2, 0.25) is 15.9 Å². The maximum Gasteiger partial charge on any atom is 0.243 e. The minimum atomic E-state index is -3.57. The Hall–Kier alpha value is -1.15. The van der Waals surface area contributed by atoms with Gasteiger partial charge in [0.05, 0.1) is 11.4 Å². The molecule has 0 spiro atoms. The van der Waals surface area contributed by atoms with Crippen LogP contribution in [0, 0.1) is 0 Å². The third-order valence-corrected chi connectivity index (χ3v) is 5.99. The molecule has 0 aliphatic carbocycles. The summed E-state index contributed by atoms with van der Waals surface area (Å²) in [7, 11) is -3.57. The molecule has 140 valence electrons. The summed E-state index contributed by atoms with van der Waals surface area (Å²) in [6.07, 6.45) is 0.683. The van der Waals surface area contributed by atoms with E-state index in [0.717, 1.165) is 0 Å². The van der Waals surface area contributed by atoms with E-state index in [2.05, 4.69) is 5.32 Å². The van der Waals surface area contributed by atoms with Gasteiger partial charge in [-0.2, -0.15) is 4.31 Å². The van der Waals surface area contributed by atoms with Crippen molar-refractivity contribution >= 4 is 27.5 Å². The van der Waals surface area contributed by atoms with Crippen LogP contribution >= 0.6 is 11.6 Å². The van der Waals surface area contributed by atoms with Crippen molar-refractivity contribution in [3.8, 4) is 0 Å². The zero-order chi connectivity index (χ0) is 18.7. The van der Waals surface area contributed by atoms with Gasteiger partial charge in [-0.15, -0.1) is 0 Å². The molecule has 1 heterocycles. The third kappa shape index (κ3) is 5.95. The lowest BCUT2D eigenvalue weighted by Crippen LogP contribution is -2.46. The number of nitrogens with zero attached hydrogens (tertiary/aromatic N) is 2. The van der Waals surface area contributed by atoms with Gasteiger partial charge < -0.3 is 5.32 Å². The first-order valence-electron chi connectivity index (χ1n) is 8.37. The maximum absolute atomic E-state index is 12.8. The number of benzene rings is 1. The molecule has 0 unspecified atom stereocenters. The lowest BCUT2D eigenvalue weighted by atomic mass is 10.1. The summed E-state index contributed by atoms with van der Waals surface area (Å²) in [6, 6.07) is 6.31. The number of carbonyl (C=O) groups excluding carboxylic acids is 1. The van der Waals surface area contributed by atoms with E-state index < -0.39 is 10.0 Å². The van der Waals surface area contributed by atoms with Gasteiger partial charge in [0.25, 0.3) is 0 Å². The Morgan fingerprint density at radius 2 is 1.92 bits per heavy atom. The second kappa shape index (κ2) is 8.03. The average molecular weight is 388 g/mol. The number of carbonyl (C=O) groups is 1. The van der Waals surface area contributed by atoms with E-state index in [1.54, 1.807) is 18.2 Å². The van der Waals surface area contributed by atoms with Crippen molar-refractivity contribution in [2.45, 2.75) is 37.6 Å². The minimum Gasteiger partial charge on any atom is -0.350 e. The predicted molar refractivity (Wildman–Crippen MR) is 99.2 cm³/mol. The summed E-state index contributed by atoms with van der Waals surface area (Å²) in [4.78, 5) is 14.3. The molecule has 1 N–H and O–H groups in total. The first-order chi connectivity index (χ1) is 11.6. The van der Waals surface area contributed by atoms with Gasteiger partial charge >= 0.3 is 0 Å². The number of hydrogen-bond donors (Lipinski definition) is 1. The molecule has 1 fully saturated rings. The molecule has 1 amide bonds. The van der Waals surface area contributed by atoms with Crippen LogP contribution in [0.15, 0.2) is 29.2 Å². The number of nitrogens with one attached hydrogen (secondary N) is 1. The summed E-state index contributed by atoms with van der Waals surface area (Å²) in [5, 5.41) is 3.33. The van der Waals surface area contributed by atoms with Crippen LogP contribution in [0.5, 0.6) is 0 Å². The second-order valence-electron chi connectivity index (χ2n) is 7.29. The second-order valence-corrected chi connectivity index (χ2v) is 9.66. The number of hydrogen-bond acceptors (Lipinski definition) is 4. The zero-order valence-electron chi connectivity index (χ0n) is 15.0. The summed E-state index contributed by atoms with van der Waals surface area (Å²) >= 11 is 5.92. The van der Waals surface area contributed by atoms with Gasteiger partial charge in [-0.1, -0.05) is 17.7 Å². The molecule has 1 aliphatic rings. The molecule has 0 bridgehead atoms. The van der Waals surface area contributed by atoms with Crippen LogP contribution in [0.4, 0.5) is 0 Å². The van der Waals surface area contributed by atoms with E-state index in [0.29, 0.717) is 37.6 Å².